The normalized spacial score (nSPS) is 10.2. The van der Waals surface area contributed by atoms with Gasteiger partial charge in [-0.05, 0) is 6.07 Å². The summed E-state index contributed by atoms with van der Waals surface area (Å²) < 4.78 is 0. The highest BCUT2D eigenvalue weighted by Gasteiger charge is 2.22. The summed E-state index contributed by atoms with van der Waals surface area (Å²) in [7, 11) is 0. The lowest BCUT2D eigenvalue weighted by atomic mass is 9.89. The highest BCUT2D eigenvalue weighted by molar-refractivity contribution is 5.98. The Balaban J connectivity index is 0.000000405. The maximum absolute atomic E-state index is 8.85. The van der Waals surface area contributed by atoms with Crippen LogP contribution in [0.25, 0.3) is 11.1 Å². The van der Waals surface area contributed by atoms with Crippen molar-refractivity contribution in [2.24, 2.45) is 0 Å². The monoisotopic (exact) mass is 143 g/mol. The van der Waals surface area contributed by atoms with Crippen LogP contribution < -0.4 is 5.73 Å². The van der Waals surface area contributed by atoms with Crippen LogP contribution in [0.4, 0.5) is 5.69 Å². The Morgan fingerprint density at radius 3 is 1.89 bits per heavy atom. The average molecular weight is 144 g/mol. The molecule has 0 unspecified atom stereocenters. The number of aromatic hydroxyl groups is 1. The lowest BCUT2D eigenvalue weighted by molar-refractivity contribution is 0.475. The molecule has 0 atom stereocenters. The Hall–Kier alpha value is -0.890. The molecule has 0 bridgehead atoms. The van der Waals surface area contributed by atoms with Gasteiger partial charge in [-0.15, -0.1) is 12.4 Å². The Morgan fingerprint density at radius 1 is 1.22 bits per heavy atom. The third kappa shape index (κ3) is 0.459. The number of nitrogens with two attached hydrogens (primary N) is 1. The van der Waals surface area contributed by atoms with E-state index in [1.165, 1.54) is 0 Å². The van der Waals surface area contributed by atoms with Crippen LogP contribution in [0.3, 0.4) is 0 Å². The first kappa shape index (κ1) is 6.23. The molecule has 3 N–H and O–H groups in total. The molecule has 0 heterocycles. The van der Waals surface area contributed by atoms with E-state index in [0.717, 1.165) is 11.1 Å². The number of hydrogen-bond donors (Lipinski definition) is 2. The summed E-state index contributed by atoms with van der Waals surface area (Å²) in [6.45, 7) is 0. The third-order valence-corrected chi connectivity index (χ3v) is 1.51. The second-order valence-electron chi connectivity index (χ2n) is 1.92. The molecule has 2 nitrogen and oxygen atoms in total. The van der Waals surface area contributed by atoms with E-state index in [1.54, 1.807) is 0 Å². The van der Waals surface area contributed by atoms with Crippen LogP contribution in [0.2, 0.25) is 0 Å². The topological polar surface area (TPSA) is 46.2 Å². The van der Waals surface area contributed by atoms with Gasteiger partial charge in [-0.1, -0.05) is 6.07 Å². The number of fused-ring (bicyclic) bond motifs is 1. The van der Waals surface area contributed by atoms with Crippen molar-refractivity contribution in [2.45, 2.75) is 0 Å². The van der Waals surface area contributed by atoms with Crippen molar-refractivity contribution in [3.8, 4) is 16.9 Å². The first-order chi connectivity index (χ1) is 3.80. The standard InChI is InChI=1S/C6H5NO.ClH/c7-5-3-1-2-4(3)6(5)8;/h1-2,8H,7H2;1H. The Morgan fingerprint density at radius 2 is 1.78 bits per heavy atom. The van der Waals surface area contributed by atoms with Crippen molar-refractivity contribution < 1.29 is 5.11 Å². The molecule has 9 heavy (non-hydrogen) atoms. The van der Waals surface area contributed by atoms with Crippen molar-refractivity contribution >= 4 is 18.1 Å². The summed E-state index contributed by atoms with van der Waals surface area (Å²) in [4.78, 5) is 0. The maximum Gasteiger partial charge on any atom is 0.146 e. The molecule has 2 aliphatic carbocycles. The molecule has 0 saturated carbocycles. The zero-order valence-corrected chi connectivity index (χ0v) is 5.40. The molecule has 48 valence electrons. The summed E-state index contributed by atoms with van der Waals surface area (Å²) in [5, 5.41) is 8.85. The zero-order chi connectivity index (χ0) is 5.72. The van der Waals surface area contributed by atoms with Gasteiger partial charge in [0.15, 0.2) is 0 Å². The predicted molar refractivity (Wildman–Crippen MR) is 38.8 cm³/mol. The van der Waals surface area contributed by atoms with Crippen LogP contribution in [0.1, 0.15) is 0 Å². The largest absolute Gasteiger partial charge is 0.505 e. The Bertz CT molecular complexity index is 232. The highest BCUT2D eigenvalue weighted by Crippen LogP contribution is 2.50. The van der Waals surface area contributed by atoms with Crippen LogP contribution in [-0.2, 0) is 0 Å². The van der Waals surface area contributed by atoms with Gasteiger partial charge in [-0.25, -0.2) is 0 Å². The van der Waals surface area contributed by atoms with Gasteiger partial charge in [0.2, 0.25) is 0 Å². The summed E-state index contributed by atoms with van der Waals surface area (Å²) in [5.74, 6) is 0.266. The molecule has 2 rings (SSSR count). The van der Waals surface area contributed by atoms with Crippen molar-refractivity contribution in [1.82, 2.24) is 0 Å². The van der Waals surface area contributed by atoms with Crippen molar-refractivity contribution in [1.29, 1.82) is 0 Å². The summed E-state index contributed by atoms with van der Waals surface area (Å²) >= 11 is 0. The lowest BCUT2D eigenvalue weighted by Gasteiger charge is -2.20. The van der Waals surface area contributed by atoms with Crippen molar-refractivity contribution in [3.63, 3.8) is 0 Å². The molecule has 0 spiro atoms. The second-order valence-corrected chi connectivity index (χ2v) is 1.92. The number of hydrogen-bond acceptors (Lipinski definition) is 2. The van der Waals surface area contributed by atoms with Gasteiger partial charge in [0.25, 0.3) is 0 Å². The van der Waals surface area contributed by atoms with Crippen molar-refractivity contribution in [3.05, 3.63) is 12.1 Å². The van der Waals surface area contributed by atoms with Gasteiger partial charge >= 0.3 is 0 Å². The quantitative estimate of drug-likeness (QED) is 0.432. The number of phenols is 1. The smallest absolute Gasteiger partial charge is 0.146 e. The molecule has 0 radical (unpaired) electrons. The fraction of sp³-hybridized carbons (Fsp3) is 0. The Labute approximate surface area is 58.7 Å². The molecule has 0 aromatic heterocycles. The zero-order valence-electron chi connectivity index (χ0n) is 4.59. The molecular weight excluding hydrogens is 138 g/mol. The third-order valence-electron chi connectivity index (χ3n) is 1.51. The minimum atomic E-state index is 0. The van der Waals surface area contributed by atoms with E-state index in [-0.39, 0.29) is 18.2 Å². The van der Waals surface area contributed by atoms with E-state index in [0.29, 0.717) is 5.69 Å². The highest BCUT2D eigenvalue weighted by atomic mass is 35.5. The predicted octanol–water partition coefficient (Wildman–Crippen LogP) is 1.38. The molecule has 2 aliphatic rings. The van der Waals surface area contributed by atoms with Gasteiger partial charge in [-0.3, -0.25) is 0 Å². The fourth-order valence-corrected chi connectivity index (χ4v) is 0.902. The number of halogens is 1. The molecular formula is C6H6ClNO. The summed E-state index contributed by atoms with van der Waals surface area (Å²) in [6, 6.07) is 3.74. The summed E-state index contributed by atoms with van der Waals surface area (Å²) in [6.07, 6.45) is 0. The first-order valence-electron chi connectivity index (χ1n) is 2.42. The molecule has 0 fully saturated rings. The molecule has 0 aromatic carbocycles. The number of phenolic OH excluding ortho intramolecular Hbond substituents is 1. The van der Waals surface area contributed by atoms with Crippen LogP contribution in [0.5, 0.6) is 5.75 Å². The molecule has 0 aromatic rings. The van der Waals surface area contributed by atoms with Crippen LogP contribution >= 0.6 is 12.4 Å². The molecule has 3 heteroatoms. The molecule has 0 amide bonds. The van der Waals surface area contributed by atoms with E-state index in [2.05, 4.69) is 0 Å². The molecule has 0 aliphatic heterocycles. The van der Waals surface area contributed by atoms with Crippen molar-refractivity contribution in [2.75, 3.05) is 5.73 Å². The Kier molecular flexibility index (Phi) is 1.07. The van der Waals surface area contributed by atoms with E-state index in [1.807, 2.05) is 12.1 Å². The number of benzene rings is 1. The lowest BCUT2D eigenvalue weighted by Crippen LogP contribution is -2.00. The molecule has 0 saturated heterocycles. The van der Waals surface area contributed by atoms with E-state index in [4.69, 9.17) is 10.8 Å². The van der Waals surface area contributed by atoms with E-state index < -0.39 is 0 Å². The maximum atomic E-state index is 8.85. The number of anilines is 1. The minimum Gasteiger partial charge on any atom is -0.505 e. The van der Waals surface area contributed by atoms with Gasteiger partial charge in [0.05, 0.1) is 5.69 Å². The fourth-order valence-electron chi connectivity index (χ4n) is 0.902. The van der Waals surface area contributed by atoms with Crippen LogP contribution in [0.15, 0.2) is 12.1 Å². The SMILES string of the molecule is Cl.Nc1c2ccc-2c1O. The number of nitrogen functional groups attached to an aromatic ring is 1. The van der Waals surface area contributed by atoms with Crippen LogP contribution in [-0.4, -0.2) is 5.11 Å². The van der Waals surface area contributed by atoms with Gasteiger partial charge < -0.3 is 10.8 Å². The second kappa shape index (κ2) is 1.54. The van der Waals surface area contributed by atoms with E-state index >= 15 is 0 Å². The number of rotatable bonds is 0. The minimum absolute atomic E-state index is 0. The van der Waals surface area contributed by atoms with E-state index in [9.17, 15) is 0 Å². The average Bonchev–Trinajstić information content (AvgIpc) is 1.64. The van der Waals surface area contributed by atoms with Gasteiger partial charge in [0.1, 0.15) is 5.75 Å². The van der Waals surface area contributed by atoms with Gasteiger partial charge in [-0.2, -0.15) is 0 Å². The first-order valence-corrected chi connectivity index (χ1v) is 2.42. The summed E-state index contributed by atoms with van der Waals surface area (Å²) in [5.41, 5.74) is 7.81. The van der Waals surface area contributed by atoms with Crippen LogP contribution in [0, 0.1) is 0 Å². The van der Waals surface area contributed by atoms with Gasteiger partial charge in [0, 0.05) is 11.1 Å².